The summed E-state index contributed by atoms with van der Waals surface area (Å²) in [6.45, 7) is 0. The Balaban J connectivity index is 2.22. The van der Waals surface area contributed by atoms with Gasteiger partial charge in [0.1, 0.15) is 5.82 Å². The van der Waals surface area contributed by atoms with Crippen molar-refractivity contribution < 1.29 is 14.4 Å². The van der Waals surface area contributed by atoms with Crippen molar-refractivity contribution in [3.63, 3.8) is 0 Å². The van der Waals surface area contributed by atoms with Crippen LogP contribution in [0, 0.1) is 21.8 Å². The maximum Gasteiger partial charge on any atom is 0.272 e. The Kier molecular flexibility index (Phi) is 2.87. The molecule has 0 amide bonds. The summed E-state index contributed by atoms with van der Waals surface area (Å²) in [4.78, 5) is 10.2. The molecule has 1 N–H and O–H groups in total. The van der Waals surface area contributed by atoms with Crippen LogP contribution in [0.3, 0.4) is 0 Å². The molecule has 2 rings (SSSR count). The van der Waals surface area contributed by atoms with Crippen LogP contribution in [0.15, 0.2) is 18.2 Å². The van der Waals surface area contributed by atoms with Crippen LogP contribution in [0.5, 0.6) is 0 Å². The van der Waals surface area contributed by atoms with E-state index in [-0.39, 0.29) is 23.6 Å². The Morgan fingerprint density at radius 3 is 2.81 bits per heavy atom. The monoisotopic (exact) mass is 225 g/mol. The predicted molar refractivity (Wildman–Crippen MR) is 55.5 cm³/mol. The van der Waals surface area contributed by atoms with Crippen molar-refractivity contribution in [2.45, 2.75) is 25.4 Å². The molecule has 1 unspecified atom stereocenters. The molecule has 86 valence electrons. The quantitative estimate of drug-likeness (QED) is 0.630. The maximum atomic E-state index is 13.0. The van der Waals surface area contributed by atoms with Gasteiger partial charge in [-0.1, -0.05) is 0 Å². The number of rotatable bonds is 4. The van der Waals surface area contributed by atoms with Crippen LogP contribution in [0.1, 0.15) is 18.4 Å². The summed E-state index contributed by atoms with van der Waals surface area (Å²) in [6, 6.07) is 3.33. The Labute approximate surface area is 91.9 Å². The van der Waals surface area contributed by atoms with Crippen molar-refractivity contribution in [3.8, 4) is 0 Å². The molecule has 4 nitrogen and oxygen atoms in total. The summed E-state index contributed by atoms with van der Waals surface area (Å²) >= 11 is 0. The van der Waals surface area contributed by atoms with Crippen LogP contribution in [0.25, 0.3) is 0 Å². The fourth-order valence-electron chi connectivity index (χ4n) is 1.77. The lowest BCUT2D eigenvalue weighted by molar-refractivity contribution is -0.385. The Morgan fingerprint density at radius 1 is 1.56 bits per heavy atom. The van der Waals surface area contributed by atoms with Crippen molar-refractivity contribution in [3.05, 3.63) is 39.7 Å². The fourth-order valence-corrected chi connectivity index (χ4v) is 1.77. The minimum Gasteiger partial charge on any atom is -0.392 e. The van der Waals surface area contributed by atoms with Crippen LogP contribution < -0.4 is 0 Å². The molecule has 1 aliphatic carbocycles. The largest absolute Gasteiger partial charge is 0.392 e. The van der Waals surface area contributed by atoms with Gasteiger partial charge >= 0.3 is 0 Å². The topological polar surface area (TPSA) is 63.4 Å². The number of hydrogen-bond acceptors (Lipinski definition) is 3. The van der Waals surface area contributed by atoms with E-state index < -0.39 is 16.8 Å². The molecule has 1 aromatic carbocycles. The van der Waals surface area contributed by atoms with E-state index in [4.69, 9.17) is 0 Å². The Bertz CT molecular complexity index is 418. The van der Waals surface area contributed by atoms with Crippen LogP contribution >= 0.6 is 0 Å². The first-order valence-corrected chi connectivity index (χ1v) is 5.19. The van der Waals surface area contributed by atoms with Gasteiger partial charge in [-0.15, -0.1) is 0 Å². The standard InChI is InChI=1S/C11H12FNO3/c12-9-3-4-10(13(15)16)8(5-9)6-11(14)7-1-2-7/h3-5,7,11,14H,1-2,6H2. The third-order valence-corrected chi connectivity index (χ3v) is 2.83. The molecule has 1 aromatic rings. The van der Waals surface area contributed by atoms with Gasteiger partial charge in [0.25, 0.3) is 5.69 Å². The number of hydrogen-bond donors (Lipinski definition) is 1. The molecule has 0 spiro atoms. The lowest BCUT2D eigenvalue weighted by Gasteiger charge is -2.09. The smallest absolute Gasteiger partial charge is 0.272 e. The lowest BCUT2D eigenvalue weighted by atomic mass is 10.0. The molecular formula is C11H12FNO3. The van der Waals surface area contributed by atoms with E-state index in [1.807, 2.05) is 0 Å². The van der Waals surface area contributed by atoms with Crippen molar-refractivity contribution in [1.29, 1.82) is 0 Å². The molecular weight excluding hydrogens is 213 g/mol. The molecule has 1 saturated carbocycles. The van der Waals surface area contributed by atoms with Crippen LogP contribution in [-0.4, -0.2) is 16.1 Å². The summed E-state index contributed by atoms with van der Waals surface area (Å²) in [6.07, 6.45) is 1.45. The zero-order chi connectivity index (χ0) is 11.7. The number of nitro groups is 1. The molecule has 0 heterocycles. The average molecular weight is 225 g/mol. The first kappa shape index (κ1) is 11.0. The molecule has 1 atom stereocenters. The Morgan fingerprint density at radius 2 is 2.25 bits per heavy atom. The van der Waals surface area contributed by atoms with E-state index in [2.05, 4.69) is 0 Å². The van der Waals surface area contributed by atoms with Crippen molar-refractivity contribution in [2.24, 2.45) is 5.92 Å². The zero-order valence-electron chi connectivity index (χ0n) is 8.60. The molecule has 0 aliphatic heterocycles. The van der Waals surface area contributed by atoms with E-state index >= 15 is 0 Å². The second kappa shape index (κ2) is 4.17. The number of benzene rings is 1. The zero-order valence-corrected chi connectivity index (χ0v) is 8.60. The minimum absolute atomic E-state index is 0.124. The second-order valence-electron chi connectivity index (χ2n) is 4.14. The fraction of sp³-hybridized carbons (Fsp3) is 0.455. The van der Waals surface area contributed by atoms with Gasteiger partial charge in [0.05, 0.1) is 11.0 Å². The van der Waals surface area contributed by atoms with Crippen LogP contribution in [-0.2, 0) is 6.42 Å². The van der Waals surface area contributed by atoms with Gasteiger partial charge in [-0.2, -0.15) is 0 Å². The highest BCUT2D eigenvalue weighted by Crippen LogP contribution is 2.35. The summed E-state index contributed by atoms with van der Waals surface area (Å²) in [7, 11) is 0. The number of aliphatic hydroxyl groups is 1. The Hall–Kier alpha value is -1.49. The molecule has 0 saturated heterocycles. The second-order valence-corrected chi connectivity index (χ2v) is 4.14. The van der Waals surface area contributed by atoms with Gasteiger partial charge in [-0.05, 0) is 30.9 Å². The van der Waals surface area contributed by atoms with E-state index in [0.29, 0.717) is 0 Å². The van der Waals surface area contributed by atoms with E-state index in [9.17, 15) is 19.6 Å². The van der Waals surface area contributed by atoms with Crippen LogP contribution in [0.2, 0.25) is 0 Å². The highest BCUT2D eigenvalue weighted by molar-refractivity contribution is 5.40. The minimum atomic E-state index is -0.597. The lowest BCUT2D eigenvalue weighted by Crippen LogP contribution is -2.14. The molecule has 0 bridgehead atoms. The first-order valence-electron chi connectivity index (χ1n) is 5.19. The normalized spacial score (nSPS) is 17.1. The van der Waals surface area contributed by atoms with E-state index in [0.717, 1.165) is 31.0 Å². The van der Waals surface area contributed by atoms with E-state index in [1.54, 1.807) is 0 Å². The average Bonchev–Trinajstić information content (AvgIpc) is 2.99. The number of aliphatic hydroxyl groups excluding tert-OH is 1. The highest BCUT2D eigenvalue weighted by atomic mass is 19.1. The van der Waals surface area contributed by atoms with Gasteiger partial charge < -0.3 is 5.11 Å². The van der Waals surface area contributed by atoms with Gasteiger partial charge in [0.15, 0.2) is 0 Å². The molecule has 5 heteroatoms. The number of halogens is 1. The molecule has 1 aliphatic rings. The highest BCUT2D eigenvalue weighted by Gasteiger charge is 2.31. The van der Waals surface area contributed by atoms with Gasteiger partial charge in [0.2, 0.25) is 0 Å². The molecule has 16 heavy (non-hydrogen) atoms. The van der Waals surface area contributed by atoms with E-state index in [1.165, 1.54) is 0 Å². The first-order chi connectivity index (χ1) is 7.58. The summed E-state index contributed by atoms with van der Waals surface area (Å²) in [5.41, 5.74) is 0.144. The van der Waals surface area contributed by atoms with Gasteiger partial charge in [0, 0.05) is 18.1 Å². The predicted octanol–water partition coefficient (Wildman–Crippen LogP) is 2.05. The molecule has 1 fully saturated rings. The summed E-state index contributed by atoms with van der Waals surface area (Å²) in [5, 5.41) is 20.4. The number of nitrogens with zero attached hydrogens (tertiary/aromatic N) is 1. The SMILES string of the molecule is O=[N+]([O-])c1ccc(F)cc1CC(O)C1CC1. The molecule has 0 radical (unpaired) electrons. The summed E-state index contributed by atoms with van der Waals surface area (Å²) in [5.74, 6) is -0.286. The van der Waals surface area contributed by atoms with Crippen LogP contribution in [0.4, 0.5) is 10.1 Å². The van der Waals surface area contributed by atoms with Crippen molar-refractivity contribution >= 4 is 5.69 Å². The van der Waals surface area contributed by atoms with Crippen molar-refractivity contribution in [1.82, 2.24) is 0 Å². The summed E-state index contributed by atoms with van der Waals surface area (Å²) < 4.78 is 13.0. The van der Waals surface area contributed by atoms with Crippen molar-refractivity contribution in [2.75, 3.05) is 0 Å². The maximum absolute atomic E-state index is 13.0. The van der Waals surface area contributed by atoms with Gasteiger partial charge in [-0.3, -0.25) is 10.1 Å². The third kappa shape index (κ3) is 2.36. The van der Waals surface area contributed by atoms with Gasteiger partial charge in [-0.25, -0.2) is 4.39 Å². The number of nitro benzene ring substituents is 1. The molecule has 0 aromatic heterocycles. The third-order valence-electron chi connectivity index (χ3n) is 2.83.